The van der Waals surface area contributed by atoms with Crippen LogP contribution in [0.5, 0.6) is 0 Å². The van der Waals surface area contributed by atoms with E-state index in [-0.39, 0.29) is 11.8 Å². The molecule has 0 bridgehead atoms. The van der Waals surface area contributed by atoms with Gasteiger partial charge in [0, 0.05) is 18.9 Å². The number of nitrogens with two attached hydrogens (primary N) is 1. The molecule has 17 heavy (non-hydrogen) atoms. The molecule has 1 aliphatic heterocycles. The van der Waals surface area contributed by atoms with Crippen LogP contribution in [0, 0.1) is 5.92 Å². The number of carbonyl (C=O) groups excluding carboxylic acids is 1. The zero-order valence-corrected chi connectivity index (χ0v) is 9.76. The SMILES string of the molecule is NC(C(=O)Nc1ccccc1)C1CCOCC1. The predicted molar refractivity (Wildman–Crippen MR) is 66.6 cm³/mol. The molecule has 0 saturated carbocycles. The van der Waals surface area contributed by atoms with Crippen molar-refractivity contribution in [2.24, 2.45) is 11.7 Å². The first-order chi connectivity index (χ1) is 8.27. The Bertz CT molecular complexity index is 361. The Morgan fingerprint density at radius 3 is 2.59 bits per heavy atom. The van der Waals surface area contributed by atoms with Crippen molar-refractivity contribution in [2.75, 3.05) is 18.5 Å². The summed E-state index contributed by atoms with van der Waals surface area (Å²) in [4.78, 5) is 11.9. The van der Waals surface area contributed by atoms with Crippen LogP contribution in [0.1, 0.15) is 12.8 Å². The largest absolute Gasteiger partial charge is 0.381 e. The summed E-state index contributed by atoms with van der Waals surface area (Å²) in [5.41, 5.74) is 6.76. The Kier molecular flexibility index (Phi) is 4.12. The van der Waals surface area contributed by atoms with Gasteiger partial charge in [-0.3, -0.25) is 4.79 Å². The number of rotatable bonds is 3. The number of hydrogen-bond acceptors (Lipinski definition) is 3. The number of para-hydroxylation sites is 1. The van der Waals surface area contributed by atoms with Crippen LogP contribution in [0.2, 0.25) is 0 Å². The maximum atomic E-state index is 11.9. The van der Waals surface area contributed by atoms with E-state index in [4.69, 9.17) is 10.5 Å². The summed E-state index contributed by atoms with van der Waals surface area (Å²) >= 11 is 0. The van der Waals surface area contributed by atoms with E-state index in [1.165, 1.54) is 0 Å². The van der Waals surface area contributed by atoms with Crippen LogP contribution >= 0.6 is 0 Å². The molecule has 1 atom stereocenters. The Morgan fingerprint density at radius 1 is 1.29 bits per heavy atom. The van der Waals surface area contributed by atoms with Gasteiger partial charge in [-0.1, -0.05) is 18.2 Å². The molecule has 0 aromatic heterocycles. The van der Waals surface area contributed by atoms with Gasteiger partial charge < -0.3 is 15.8 Å². The third-order valence-electron chi connectivity index (χ3n) is 3.12. The highest BCUT2D eigenvalue weighted by Gasteiger charge is 2.26. The highest BCUT2D eigenvalue weighted by atomic mass is 16.5. The number of amides is 1. The van der Waals surface area contributed by atoms with Crippen molar-refractivity contribution in [3.8, 4) is 0 Å². The second kappa shape index (κ2) is 5.80. The Labute approximate surface area is 101 Å². The lowest BCUT2D eigenvalue weighted by Gasteiger charge is -2.26. The molecule has 1 unspecified atom stereocenters. The van der Waals surface area contributed by atoms with Crippen molar-refractivity contribution in [3.05, 3.63) is 30.3 Å². The average molecular weight is 234 g/mol. The summed E-state index contributed by atoms with van der Waals surface area (Å²) in [7, 11) is 0. The molecule has 0 aliphatic carbocycles. The van der Waals surface area contributed by atoms with Crippen molar-refractivity contribution in [1.29, 1.82) is 0 Å². The van der Waals surface area contributed by atoms with E-state index >= 15 is 0 Å². The van der Waals surface area contributed by atoms with Crippen molar-refractivity contribution in [2.45, 2.75) is 18.9 Å². The Morgan fingerprint density at radius 2 is 1.94 bits per heavy atom. The van der Waals surface area contributed by atoms with Crippen molar-refractivity contribution < 1.29 is 9.53 Å². The van der Waals surface area contributed by atoms with Crippen molar-refractivity contribution in [3.63, 3.8) is 0 Å². The Balaban J connectivity index is 1.90. The van der Waals surface area contributed by atoms with E-state index in [2.05, 4.69) is 5.32 Å². The quantitative estimate of drug-likeness (QED) is 0.830. The standard InChI is InChI=1S/C13H18N2O2/c14-12(10-6-8-17-9-7-10)13(16)15-11-4-2-1-3-5-11/h1-5,10,12H,6-9,14H2,(H,15,16). The number of ether oxygens (including phenoxy) is 1. The smallest absolute Gasteiger partial charge is 0.241 e. The van der Waals surface area contributed by atoms with Crippen LogP contribution in [-0.4, -0.2) is 25.2 Å². The van der Waals surface area contributed by atoms with Gasteiger partial charge in [-0.25, -0.2) is 0 Å². The molecular formula is C13H18N2O2. The molecule has 1 fully saturated rings. The van der Waals surface area contributed by atoms with Crippen molar-refractivity contribution in [1.82, 2.24) is 0 Å². The lowest BCUT2D eigenvalue weighted by molar-refractivity contribution is -0.119. The monoisotopic (exact) mass is 234 g/mol. The summed E-state index contributed by atoms with van der Waals surface area (Å²) in [6.45, 7) is 1.41. The van der Waals surface area contributed by atoms with Gasteiger partial charge in [0.15, 0.2) is 0 Å². The second-order valence-corrected chi connectivity index (χ2v) is 4.33. The number of anilines is 1. The van der Waals surface area contributed by atoms with E-state index < -0.39 is 6.04 Å². The van der Waals surface area contributed by atoms with Gasteiger partial charge in [0.1, 0.15) is 0 Å². The molecule has 4 nitrogen and oxygen atoms in total. The molecule has 3 N–H and O–H groups in total. The lowest BCUT2D eigenvalue weighted by atomic mass is 9.92. The fourth-order valence-electron chi connectivity index (χ4n) is 2.04. The first-order valence-corrected chi connectivity index (χ1v) is 5.96. The van der Waals surface area contributed by atoms with Crippen LogP contribution in [-0.2, 0) is 9.53 Å². The minimum Gasteiger partial charge on any atom is -0.381 e. The third-order valence-corrected chi connectivity index (χ3v) is 3.12. The summed E-state index contributed by atoms with van der Waals surface area (Å²) in [6.07, 6.45) is 1.73. The maximum Gasteiger partial charge on any atom is 0.241 e. The molecule has 1 saturated heterocycles. The number of carbonyl (C=O) groups is 1. The lowest BCUT2D eigenvalue weighted by Crippen LogP contribution is -2.43. The minimum atomic E-state index is -0.445. The normalized spacial score (nSPS) is 18.6. The van der Waals surface area contributed by atoms with Gasteiger partial charge in [0.25, 0.3) is 0 Å². The molecule has 4 heteroatoms. The van der Waals surface area contributed by atoms with E-state index in [1.54, 1.807) is 0 Å². The number of nitrogens with one attached hydrogen (secondary N) is 1. The van der Waals surface area contributed by atoms with Gasteiger partial charge in [-0.05, 0) is 30.9 Å². The molecule has 0 spiro atoms. The third kappa shape index (κ3) is 3.28. The maximum absolute atomic E-state index is 11.9. The fourth-order valence-corrected chi connectivity index (χ4v) is 2.04. The van der Waals surface area contributed by atoms with Crippen LogP contribution in [0.4, 0.5) is 5.69 Å². The van der Waals surface area contributed by atoms with Gasteiger partial charge in [0.05, 0.1) is 6.04 Å². The topological polar surface area (TPSA) is 64.4 Å². The van der Waals surface area contributed by atoms with Crippen LogP contribution < -0.4 is 11.1 Å². The zero-order chi connectivity index (χ0) is 12.1. The summed E-state index contributed by atoms with van der Waals surface area (Å²) in [5, 5.41) is 2.83. The number of benzene rings is 1. The first-order valence-electron chi connectivity index (χ1n) is 5.96. The molecule has 1 aromatic rings. The van der Waals surface area contributed by atoms with Crippen LogP contribution in [0.3, 0.4) is 0 Å². The fraction of sp³-hybridized carbons (Fsp3) is 0.462. The summed E-state index contributed by atoms with van der Waals surface area (Å²) in [6, 6.07) is 8.95. The molecule has 1 aliphatic rings. The highest BCUT2D eigenvalue weighted by Crippen LogP contribution is 2.18. The van der Waals surface area contributed by atoms with E-state index in [9.17, 15) is 4.79 Å². The van der Waals surface area contributed by atoms with E-state index in [0.29, 0.717) is 13.2 Å². The van der Waals surface area contributed by atoms with Gasteiger partial charge in [0.2, 0.25) is 5.91 Å². The zero-order valence-electron chi connectivity index (χ0n) is 9.76. The van der Waals surface area contributed by atoms with Gasteiger partial charge in [-0.2, -0.15) is 0 Å². The van der Waals surface area contributed by atoms with Gasteiger partial charge >= 0.3 is 0 Å². The second-order valence-electron chi connectivity index (χ2n) is 4.33. The molecule has 2 rings (SSSR count). The first kappa shape index (κ1) is 12.1. The highest BCUT2D eigenvalue weighted by molar-refractivity contribution is 5.94. The van der Waals surface area contributed by atoms with Crippen LogP contribution in [0.15, 0.2) is 30.3 Å². The van der Waals surface area contributed by atoms with Crippen molar-refractivity contribution >= 4 is 11.6 Å². The summed E-state index contributed by atoms with van der Waals surface area (Å²) in [5.74, 6) is 0.121. The molecule has 0 radical (unpaired) electrons. The molecule has 92 valence electrons. The van der Waals surface area contributed by atoms with E-state index in [0.717, 1.165) is 18.5 Å². The van der Waals surface area contributed by atoms with E-state index in [1.807, 2.05) is 30.3 Å². The van der Waals surface area contributed by atoms with Gasteiger partial charge in [-0.15, -0.1) is 0 Å². The number of hydrogen-bond donors (Lipinski definition) is 2. The minimum absolute atomic E-state index is 0.108. The molecular weight excluding hydrogens is 216 g/mol. The summed E-state index contributed by atoms with van der Waals surface area (Å²) < 4.78 is 5.26. The molecule has 1 heterocycles. The molecule has 1 amide bonds. The average Bonchev–Trinajstić information content (AvgIpc) is 2.40. The predicted octanol–water partition coefficient (Wildman–Crippen LogP) is 1.38. The Hall–Kier alpha value is -1.39. The van der Waals surface area contributed by atoms with Crippen LogP contribution in [0.25, 0.3) is 0 Å². The molecule has 1 aromatic carbocycles.